The standard InChI is InChI=1S/C20H18O6/c21-14(22)11-26-20(25)18-15(12-7-3-1-4-8-12)17(19(23)24)16(18)13-9-5-2-6-10-13/h1-10,15-18H,11H2,(H,21,22)(H,23,24)/p-2/t15-,16-,17?,18?/m1/s1. The summed E-state index contributed by atoms with van der Waals surface area (Å²) in [5.41, 5.74) is 1.34. The number of esters is 1. The first-order valence-corrected chi connectivity index (χ1v) is 8.18. The van der Waals surface area contributed by atoms with Gasteiger partial charge in [0.2, 0.25) is 0 Å². The molecule has 2 aromatic rings. The Morgan fingerprint density at radius 2 is 1.23 bits per heavy atom. The van der Waals surface area contributed by atoms with Gasteiger partial charge in [0.1, 0.15) is 6.61 Å². The Kier molecular flexibility index (Phi) is 5.02. The average molecular weight is 352 g/mol. The van der Waals surface area contributed by atoms with Crippen molar-refractivity contribution in [3.8, 4) is 0 Å². The molecule has 0 bridgehead atoms. The first-order valence-electron chi connectivity index (χ1n) is 8.18. The lowest BCUT2D eigenvalue weighted by molar-refractivity contribution is -0.318. The SMILES string of the molecule is O=C([O-])COC(=O)C1[C@H](c2ccccc2)C(C(=O)[O-])[C@H]1c1ccccc1. The van der Waals surface area contributed by atoms with Crippen molar-refractivity contribution in [2.45, 2.75) is 11.8 Å². The number of rotatable bonds is 6. The van der Waals surface area contributed by atoms with Gasteiger partial charge in [-0.05, 0) is 11.1 Å². The maximum atomic E-state index is 12.5. The van der Waals surface area contributed by atoms with Crippen LogP contribution < -0.4 is 10.2 Å². The second-order valence-corrected chi connectivity index (χ2v) is 6.22. The number of hydrogen-bond acceptors (Lipinski definition) is 6. The Morgan fingerprint density at radius 1 is 0.769 bits per heavy atom. The Labute approximate surface area is 150 Å². The van der Waals surface area contributed by atoms with E-state index in [1.807, 2.05) is 0 Å². The third-order valence-corrected chi connectivity index (χ3v) is 4.79. The summed E-state index contributed by atoms with van der Waals surface area (Å²) < 4.78 is 4.82. The quantitative estimate of drug-likeness (QED) is 0.669. The molecule has 0 heterocycles. The molecule has 6 nitrogen and oxygen atoms in total. The smallest absolute Gasteiger partial charge is 0.310 e. The molecule has 0 N–H and O–H groups in total. The van der Waals surface area contributed by atoms with Crippen LogP contribution in [0.1, 0.15) is 23.0 Å². The van der Waals surface area contributed by atoms with Crippen molar-refractivity contribution in [2.24, 2.45) is 11.8 Å². The van der Waals surface area contributed by atoms with Gasteiger partial charge in [0, 0.05) is 23.7 Å². The minimum atomic E-state index is -1.51. The van der Waals surface area contributed by atoms with E-state index in [1.54, 1.807) is 60.7 Å². The summed E-state index contributed by atoms with van der Waals surface area (Å²) in [4.78, 5) is 35.0. The molecule has 1 saturated carbocycles. The predicted octanol–water partition coefficient (Wildman–Crippen LogP) is -0.157. The number of carbonyl (C=O) groups is 3. The zero-order valence-corrected chi connectivity index (χ0v) is 13.7. The van der Waals surface area contributed by atoms with Crippen LogP contribution in [0.2, 0.25) is 0 Å². The average Bonchev–Trinajstić information content (AvgIpc) is 2.60. The summed E-state index contributed by atoms with van der Waals surface area (Å²) in [5, 5.41) is 22.4. The Balaban J connectivity index is 1.99. The van der Waals surface area contributed by atoms with Crippen LogP contribution in [0.3, 0.4) is 0 Å². The molecule has 0 unspecified atom stereocenters. The van der Waals surface area contributed by atoms with Crippen LogP contribution in [0.4, 0.5) is 0 Å². The molecule has 26 heavy (non-hydrogen) atoms. The number of ether oxygens (including phenoxy) is 1. The van der Waals surface area contributed by atoms with Crippen molar-refractivity contribution < 1.29 is 29.3 Å². The highest BCUT2D eigenvalue weighted by Gasteiger charge is 2.56. The zero-order chi connectivity index (χ0) is 18.7. The highest BCUT2D eigenvalue weighted by Crippen LogP contribution is 2.57. The lowest BCUT2D eigenvalue weighted by Gasteiger charge is -2.51. The first-order chi connectivity index (χ1) is 12.5. The number of carboxylic acid groups (broad SMARTS) is 2. The molecule has 3 rings (SSSR count). The van der Waals surface area contributed by atoms with Crippen LogP contribution >= 0.6 is 0 Å². The summed E-state index contributed by atoms with van der Waals surface area (Å²) in [7, 11) is 0. The highest BCUT2D eigenvalue weighted by atomic mass is 16.5. The van der Waals surface area contributed by atoms with Crippen molar-refractivity contribution in [2.75, 3.05) is 6.61 Å². The van der Waals surface area contributed by atoms with E-state index in [4.69, 9.17) is 4.74 Å². The number of aliphatic carboxylic acids is 2. The first kappa shape index (κ1) is 17.7. The Hall–Kier alpha value is -3.15. The molecular formula is C20H16O6-2. The molecule has 134 valence electrons. The third-order valence-electron chi connectivity index (χ3n) is 4.79. The van der Waals surface area contributed by atoms with Crippen LogP contribution in [0.15, 0.2) is 60.7 Å². The van der Waals surface area contributed by atoms with Crippen molar-refractivity contribution in [3.05, 3.63) is 71.8 Å². The second kappa shape index (κ2) is 7.39. The highest BCUT2D eigenvalue weighted by molar-refractivity contribution is 5.84. The fourth-order valence-electron chi connectivity index (χ4n) is 3.74. The van der Waals surface area contributed by atoms with E-state index in [2.05, 4.69) is 0 Å². The molecule has 1 fully saturated rings. The molecule has 2 atom stereocenters. The molecule has 0 aliphatic heterocycles. The van der Waals surface area contributed by atoms with Gasteiger partial charge in [0.05, 0.1) is 11.9 Å². The molecule has 1 aliphatic rings. The topological polar surface area (TPSA) is 107 Å². The molecule has 0 aromatic heterocycles. The minimum absolute atomic E-state index is 0.652. The fourth-order valence-corrected chi connectivity index (χ4v) is 3.74. The van der Waals surface area contributed by atoms with Crippen molar-refractivity contribution in [3.63, 3.8) is 0 Å². The number of carboxylic acids is 2. The third kappa shape index (κ3) is 3.31. The number of hydrogen-bond donors (Lipinski definition) is 0. The maximum absolute atomic E-state index is 12.5. The Morgan fingerprint density at radius 3 is 1.62 bits per heavy atom. The van der Waals surface area contributed by atoms with E-state index in [9.17, 15) is 24.6 Å². The molecule has 6 heteroatoms. The van der Waals surface area contributed by atoms with Crippen LogP contribution in [0.25, 0.3) is 0 Å². The van der Waals surface area contributed by atoms with Crippen LogP contribution in [0, 0.1) is 11.8 Å². The molecular weight excluding hydrogens is 336 g/mol. The van der Waals surface area contributed by atoms with Crippen molar-refractivity contribution in [1.82, 2.24) is 0 Å². The predicted molar refractivity (Wildman–Crippen MR) is 86.3 cm³/mol. The van der Waals surface area contributed by atoms with Gasteiger partial charge in [-0.2, -0.15) is 0 Å². The van der Waals surface area contributed by atoms with E-state index in [-0.39, 0.29) is 0 Å². The van der Waals surface area contributed by atoms with Gasteiger partial charge < -0.3 is 24.5 Å². The maximum Gasteiger partial charge on any atom is 0.310 e. The molecule has 0 amide bonds. The van der Waals surface area contributed by atoms with Gasteiger partial charge in [-0.3, -0.25) is 4.79 Å². The van der Waals surface area contributed by atoms with E-state index in [1.165, 1.54) is 0 Å². The Bertz CT molecular complexity index is 754. The summed E-state index contributed by atoms with van der Waals surface area (Å²) in [5.74, 6) is -6.56. The van der Waals surface area contributed by atoms with E-state index in [0.717, 1.165) is 0 Å². The number of carbonyl (C=O) groups excluding carboxylic acids is 3. The summed E-state index contributed by atoms with van der Waals surface area (Å²) in [6, 6.07) is 17.5. The van der Waals surface area contributed by atoms with Crippen molar-refractivity contribution >= 4 is 17.9 Å². The normalized spacial score (nSPS) is 24.3. The molecule has 1 aliphatic carbocycles. The molecule has 0 radical (unpaired) electrons. The van der Waals surface area contributed by atoms with Gasteiger partial charge in [0.15, 0.2) is 0 Å². The lowest BCUT2D eigenvalue weighted by Crippen LogP contribution is -2.55. The zero-order valence-electron chi connectivity index (χ0n) is 13.7. The summed E-state index contributed by atoms with van der Waals surface area (Å²) in [6.45, 7) is -0.867. The van der Waals surface area contributed by atoms with Gasteiger partial charge in [-0.25, -0.2) is 0 Å². The molecule has 0 saturated heterocycles. The summed E-state index contributed by atoms with van der Waals surface area (Å²) in [6.07, 6.45) is 0. The number of benzene rings is 2. The van der Waals surface area contributed by atoms with E-state index >= 15 is 0 Å². The van der Waals surface area contributed by atoms with E-state index < -0.39 is 48.2 Å². The van der Waals surface area contributed by atoms with Crippen LogP contribution in [-0.4, -0.2) is 24.5 Å². The van der Waals surface area contributed by atoms with Gasteiger partial charge >= 0.3 is 5.97 Å². The van der Waals surface area contributed by atoms with Gasteiger partial charge in [-0.15, -0.1) is 0 Å². The largest absolute Gasteiger partial charge is 0.550 e. The van der Waals surface area contributed by atoms with E-state index in [0.29, 0.717) is 11.1 Å². The monoisotopic (exact) mass is 352 g/mol. The molecule has 2 aromatic carbocycles. The fraction of sp³-hybridized carbons (Fsp3) is 0.250. The van der Waals surface area contributed by atoms with Crippen LogP contribution in [0.5, 0.6) is 0 Å². The van der Waals surface area contributed by atoms with Gasteiger partial charge in [0.25, 0.3) is 0 Å². The second-order valence-electron chi connectivity index (χ2n) is 6.22. The lowest BCUT2D eigenvalue weighted by atomic mass is 9.52. The molecule has 0 spiro atoms. The minimum Gasteiger partial charge on any atom is -0.550 e. The summed E-state index contributed by atoms with van der Waals surface area (Å²) >= 11 is 0. The van der Waals surface area contributed by atoms with Crippen LogP contribution in [-0.2, 0) is 19.1 Å². The van der Waals surface area contributed by atoms with Crippen molar-refractivity contribution in [1.29, 1.82) is 0 Å². The van der Waals surface area contributed by atoms with Gasteiger partial charge in [-0.1, -0.05) is 60.7 Å².